The highest BCUT2D eigenvalue weighted by molar-refractivity contribution is 4.86. The summed E-state index contributed by atoms with van der Waals surface area (Å²) in [6, 6.07) is 1.10. The predicted molar refractivity (Wildman–Crippen MR) is 76.7 cm³/mol. The van der Waals surface area contributed by atoms with E-state index < -0.39 is 5.54 Å². The lowest BCUT2D eigenvalue weighted by molar-refractivity contribution is 0.129. The van der Waals surface area contributed by atoms with Crippen molar-refractivity contribution in [3.8, 4) is 0 Å². The third-order valence-corrected chi connectivity index (χ3v) is 4.28. The minimum Gasteiger partial charge on any atom is -0.394 e. The zero-order chi connectivity index (χ0) is 13.8. The summed E-state index contributed by atoms with van der Waals surface area (Å²) in [6.07, 6.45) is 3.47. The van der Waals surface area contributed by atoms with Crippen molar-refractivity contribution in [3.63, 3.8) is 0 Å². The van der Waals surface area contributed by atoms with Crippen LogP contribution < -0.4 is 5.73 Å². The quantitative estimate of drug-likeness (QED) is 0.711. The molecule has 1 fully saturated rings. The second kappa shape index (κ2) is 6.85. The average Bonchev–Trinajstić information content (AvgIpc) is 2.75. The van der Waals surface area contributed by atoms with E-state index >= 15 is 0 Å². The lowest BCUT2D eigenvalue weighted by atomic mass is 9.95. The first-order chi connectivity index (χ1) is 8.39. The average molecular weight is 257 g/mol. The molecule has 0 spiro atoms. The number of rotatable bonds is 7. The normalized spacial score (nSPS) is 26.5. The lowest BCUT2D eigenvalue weighted by Crippen LogP contribution is -2.48. The summed E-state index contributed by atoms with van der Waals surface area (Å²) in [5, 5.41) is 9.24. The molecule has 1 saturated heterocycles. The highest BCUT2D eigenvalue weighted by atomic mass is 16.3. The van der Waals surface area contributed by atoms with Gasteiger partial charge >= 0.3 is 0 Å². The monoisotopic (exact) mass is 257 g/mol. The molecule has 1 aliphatic rings. The highest BCUT2D eigenvalue weighted by Crippen LogP contribution is 2.19. The van der Waals surface area contributed by atoms with Gasteiger partial charge in [0.05, 0.1) is 6.61 Å². The molecule has 3 unspecified atom stereocenters. The molecule has 3 N–H and O–H groups in total. The molecule has 0 aromatic carbocycles. The van der Waals surface area contributed by atoms with Crippen LogP contribution in [0.1, 0.15) is 40.0 Å². The molecule has 1 heterocycles. The standard InChI is InChI=1S/C14H31N3O/c1-5-17-8-6-7-13(17)10-16(4)12(2)9-14(3,15)11-18/h12-13,18H,5-11,15H2,1-4H3. The van der Waals surface area contributed by atoms with Gasteiger partial charge in [-0.3, -0.25) is 4.90 Å². The van der Waals surface area contributed by atoms with Gasteiger partial charge < -0.3 is 15.7 Å². The van der Waals surface area contributed by atoms with Gasteiger partial charge in [0, 0.05) is 24.2 Å². The van der Waals surface area contributed by atoms with Gasteiger partial charge in [-0.15, -0.1) is 0 Å². The van der Waals surface area contributed by atoms with Gasteiger partial charge in [0.25, 0.3) is 0 Å². The van der Waals surface area contributed by atoms with E-state index in [-0.39, 0.29) is 6.61 Å². The van der Waals surface area contributed by atoms with Gasteiger partial charge in [-0.1, -0.05) is 6.92 Å². The summed E-state index contributed by atoms with van der Waals surface area (Å²) >= 11 is 0. The van der Waals surface area contributed by atoms with Crippen molar-refractivity contribution in [2.24, 2.45) is 5.73 Å². The molecule has 0 aromatic rings. The van der Waals surface area contributed by atoms with Gasteiger partial charge in [-0.25, -0.2) is 0 Å². The van der Waals surface area contributed by atoms with Crippen LogP contribution in [0.4, 0.5) is 0 Å². The van der Waals surface area contributed by atoms with Crippen LogP contribution in [-0.2, 0) is 0 Å². The van der Waals surface area contributed by atoms with Crippen molar-refractivity contribution < 1.29 is 5.11 Å². The van der Waals surface area contributed by atoms with E-state index in [2.05, 4.69) is 30.7 Å². The Balaban J connectivity index is 2.42. The Morgan fingerprint density at radius 3 is 2.78 bits per heavy atom. The van der Waals surface area contributed by atoms with Crippen LogP contribution in [0.15, 0.2) is 0 Å². The van der Waals surface area contributed by atoms with Crippen molar-refractivity contribution in [2.45, 2.75) is 57.7 Å². The zero-order valence-electron chi connectivity index (χ0n) is 12.5. The SMILES string of the molecule is CCN1CCCC1CN(C)C(C)CC(C)(N)CO. The van der Waals surface area contributed by atoms with E-state index in [4.69, 9.17) is 5.73 Å². The smallest absolute Gasteiger partial charge is 0.0609 e. The highest BCUT2D eigenvalue weighted by Gasteiger charge is 2.27. The second-order valence-corrected chi connectivity index (χ2v) is 6.23. The predicted octanol–water partition coefficient (Wildman–Crippen LogP) is 0.891. The number of likely N-dealkylation sites (N-methyl/N-ethyl adjacent to an activating group) is 2. The number of hydrogen-bond acceptors (Lipinski definition) is 4. The molecule has 18 heavy (non-hydrogen) atoms. The summed E-state index contributed by atoms with van der Waals surface area (Å²) in [7, 11) is 2.17. The first-order valence-corrected chi connectivity index (χ1v) is 7.23. The van der Waals surface area contributed by atoms with E-state index in [1.165, 1.54) is 19.4 Å². The number of hydrogen-bond donors (Lipinski definition) is 2. The van der Waals surface area contributed by atoms with Gasteiger partial charge in [-0.2, -0.15) is 0 Å². The summed E-state index contributed by atoms with van der Waals surface area (Å²) in [6.45, 7) is 9.92. The van der Waals surface area contributed by atoms with E-state index in [1.54, 1.807) is 0 Å². The van der Waals surface area contributed by atoms with Gasteiger partial charge in [0.15, 0.2) is 0 Å². The molecule has 0 saturated carbocycles. The van der Waals surface area contributed by atoms with E-state index in [1.807, 2.05) is 6.92 Å². The van der Waals surface area contributed by atoms with Crippen LogP contribution in [0.2, 0.25) is 0 Å². The Bertz CT molecular complexity index is 245. The molecule has 108 valence electrons. The van der Waals surface area contributed by atoms with Crippen LogP contribution in [0, 0.1) is 0 Å². The summed E-state index contributed by atoms with van der Waals surface area (Å²) in [5.74, 6) is 0. The Kier molecular flexibility index (Phi) is 6.05. The number of nitrogens with two attached hydrogens (primary N) is 1. The van der Waals surface area contributed by atoms with Gasteiger partial charge in [-0.05, 0) is 53.2 Å². The van der Waals surface area contributed by atoms with Crippen molar-refractivity contribution in [1.82, 2.24) is 9.80 Å². The Morgan fingerprint density at radius 1 is 1.56 bits per heavy atom. The topological polar surface area (TPSA) is 52.7 Å². The largest absolute Gasteiger partial charge is 0.394 e. The molecule has 0 amide bonds. The maximum absolute atomic E-state index is 9.24. The molecule has 4 heteroatoms. The van der Waals surface area contributed by atoms with Crippen molar-refractivity contribution in [3.05, 3.63) is 0 Å². The number of aliphatic hydroxyl groups excluding tert-OH is 1. The first-order valence-electron chi connectivity index (χ1n) is 7.23. The third kappa shape index (κ3) is 4.50. The maximum atomic E-state index is 9.24. The van der Waals surface area contributed by atoms with Crippen LogP contribution in [0.3, 0.4) is 0 Å². The third-order valence-electron chi connectivity index (χ3n) is 4.28. The molecule has 1 rings (SSSR count). The Labute approximate surface area is 112 Å². The van der Waals surface area contributed by atoms with Crippen LogP contribution in [0.5, 0.6) is 0 Å². The number of aliphatic hydroxyl groups is 1. The van der Waals surface area contributed by atoms with Crippen molar-refractivity contribution in [2.75, 3.05) is 33.3 Å². The minimum atomic E-state index is -0.464. The van der Waals surface area contributed by atoms with E-state index in [0.29, 0.717) is 12.1 Å². The molecule has 0 aliphatic carbocycles. The zero-order valence-corrected chi connectivity index (χ0v) is 12.5. The second-order valence-electron chi connectivity index (χ2n) is 6.23. The van der Waals surface area contributed by atoms with Crippen LogP contribution >= 0.6 is 0 Å². The van der Waals surface area contributed by atoms with Crippen molar-refractivity contribution >= 4 is 0 Å². The summed E-state index contributed by atoms with van der Waals surface area (Å²) in [4.78, 5) is 4.95. The first kappa shape index (κ1) is 15.9. The van der Waals surface area contributed by atoms with Crippen molar-refractivity contribution in [1.29, 1.82) is 0 Å². The fraction of sp³-hybridized carbons (Fsp3) is 1.00. The molecule has 4 nitrogen and oxygen atoms in total. The van der Waals surface area contributed by atoms with E-state index in [9.17, 15) is 5.11 Å². The number of nitrogens with zero attached hydrogens (tertiary/aromatic N) is 2. The van der Waals surface area contributed by atoms with Crippen LogP contribution in [-0.4, -0.2) is 65.8 Å². The molecule has 0 aromatic heterocycles. The fourth-order valence-electron chi connectivity index (χ4n) is 2.93. The van der Waals surface area contributed by atoms with Gasteiger partial charge in [0.2, 0.25) is 0 Å². The van der Waals surface area contributed by atoms with Crippen LogP contribution in [0.25, 0.3) is 0 Å². The molecular formula is C14H31N3O. The summed E-state index contributed by atoms with van der Waals surface area (Å²) in [5.41, 5.74) is 5.56. The minimum absolute atomic E-state index is 0.0513. The summed E-state index contributed by atoms with van der Waals surface area (Å²) < 4.78 is 0. The molecule has 0 radical (unpaired) electrons. The fourth-order valence-corrected chi connectivity index (χ4v) is 2.93. The molecule has 3 atom stereocenters. The molecule has 0 bridgehead atoms. The molecule has 1 aliphatic heterocycles. The molecular weight excluding hydrogens is 226 g/mol. The number of likely N-dealkylation sites (tertiary alicyclic amines) is 1. The lowest BCUT2D eigenvalue weighted by Gasteiger charge is -2.35. The van der Waals surface area contributed by atoms with Gasteiger partial charge in [0.1, 0.15) is 0 Å². The Hall–Kier alpha value is -0.160. The Morgan fingerprint density at radius 2 is 2.22 bits per heavy atom. The van der Waals surface area contributed by atoms with E-state index in [0.717, 1.165) is 19.5 Å². The maximum Gasteiger partial charge on any atom is 0.0609 e.